The first-order valence-corrected chi connectivity index (χ1v) is 3.97. The summed E-state index contributed by atoms with van der Waals surface area (Å²) < 4.78 is 0. The second-order valence-corrected chi connectivity index (χ2v) is 2.50. The van der Waals surface area contributed by atoms with Gasteiger partial charge in [0.05, 0.1) is 0 Å². The van der Waals surface area contributed by atoms with E-state index in [0.29, 0.717) is 12.2 Å². The Morgan fingerprint density at radius 2 is 2.10 bits per heavy atom. The van der Waals surface area contributed by atoms with Crippen molar-refractivity contribution in [2.75, 3.05) is 13.6 Å². The minimum Gasteiger partial charge on any atom is -0.319 e. The maximum atomic E-state index is 10.9. The zero-order chi connectivity index (χ0) is 7.82. The maximum Gasteiger partial charge on any atom is 0.134 e. The van der Waals surface area contributed by atoms with Crippen LogP contribution in [0.1, 0.15) is 32.6 Å². The Morgan fingerprint density at radius 3 is 2.60 bits per heavy atom. The van der Waals surface area contributed by atoms with E-state index in [2.05, 4.69) is 12.2 Å². The summed E-state index contributed by atoms with van der Waals surface area (Å²) in [6, 6.07) is 0. The summed E-state index contributed by atoms with van der Waals surface area (Å²) >= 11 is 0. The lowest BCUT2D eigenvalue weighted by Gasteiger charge is -1.97. The monoisotopic (exact) mass is 143 g/mol. The van der Waals surface area contributed by atoms with Gasteiger partial charge in [-0.05, 0) is 13.5 Å². The molecule has 10 heavy (non-hydrogen) atoms. The van der Waals surface area contributed by atoms with Crippen LogP contribution in [0.3, 0.4) is 0 Å². The van der Waals surface area contributed by atoms with Gasteiger partial charge in [0, 0.05) is 19.4 Å². The van der Waals surface area contributed by atoms with Gasteiger partial charge in [-0.25, -0.2) is 0 Å². The van der Waals surface area contributed by atoms with Crippen LogP contribution in [0.4, 0.5) is 0 Å². The van der Waals surface area contributed by atoms with E-state index in [4.69, 9.17) is 0 Å². The smallest absolute Gasteiger partial charge is 0.134 e. The lowest BCUT2D eigenvalue weighted by Crippen LogP contribution is -2.12. The number of carbonyl (C=O) groups excluding carboxylic acids is 1. The van der Waals surface area contributed by atoms with Crippen LogP contribution in [-0.4, -0.2) is 19.4 Å². The van der Waals surface area contributed by atoms with Gasteiger partial charge in [0.1, 0.15) is 5.78 Å². The number of carbonyl (C=O) groups is 1. The van der Waals surface area contributed by atoms with E-state index in [1.54, 1.807) is 0 Å². The van der Waals surface area contributed by atoms with E-state index in [1.807, 2.05) is 7.05 Å². The molecule has 0 aromatic rings. The quantitative estimate of drug-likeness (QED) is 0.608. The highest BCUT2D eigenvalue weighted by atomic mass is 16.1. The Balaban J connectivity index is 3.09. The van der Waals surface area contributed by atoms with Crippen molar-refractivity contribution < 1.29 is 4.79 Å². The molecule has 0 spiro atoms. The average Bonchev–Trinajstić information content (AvgIpc) is 1.97. The van der Waals surface area contributed by atoms with E-state index in [0.717, 1.165) is 25.8 Å². The second kappa shape index (κ2) is 6.75. The number of Topliss-reactive ketones (excluding diaryl/α,β-unsaturated/α-hetero) is 1. The van der Waals surface area contributed by atoms with Gasteiger partial charge < -0.3 is 5.32 Å². The Morgan fingerprint density at radius 1 is 1.40 bits per heavy atom. The first kappa shape index (κ1) is 9.63. The molecule has 0 aliphatic heterocycles. The fraction of sp³-hybridized carbons (Fsp3) is 0.875. The lowest BCUT2D eigenvalue weighted by atomic mass is 10.1. The number of rotatable bonds is 6. The highest BCUT2D eigenvalue weighted by molar-refractivity contribution is 5.78. The fourth-order valence-electron chi connectivity index (χ4n) is 0.763. The highest BCUT2D eigenvalue weighted by Crippen LogP contribution is 1.96. The van der Waals surface area contributed by atoms with Crippen LogP contribution in [0.5, 0.6) is 0 Å². The molecular weight excluding hydrogens is 126 g/mol. The molecule has 2 nitrogen and oxygen atoms in total. The molecule has 0 fully saturated rings. The zero-order valence-corrected chi connectivity index (χ0v) is 6.94. The van der Waals surface area contributed by atoms with Gasteiger partial charge in [-0.1, -0.05) is 13.3 Å². The van der Waals surface area contributed by atoms with E-state index in [9.17, 15) is 4.79 Å². The molecule has 0 saturated heterocycles. The summed E-state index contributed by atoms with van der Waals surface area (Å²) in [6.45, 7) is 2.92. The Bertz CT molecular complexity index is 81.3. The van der Waals surface area contributed by atoms with Crippen LogP contribution >= 0.6 is 0 Å². The van der Waals surface area contributed by atoms with Crippen molar-refractivity contribution in [2.24, 2.45) is 0 Å². The zero-order valence-electron chi connectivity index (χ0n) is 6.94. The van der Waals surface area contributed by atoms with Crippen molar-refractivity contribution in [1.82, 2.24) is 5.32 Å². The van der Waals surface area contributed by atoms with Gasteiger partial charge in [-0.3, -0.25) is 4.79 Å². The van der Waals surface area contributed by atoms with Crippen molar-refractivity contribution in [3.8, 4) is 0 Å². The van der Waals surface area contributed by atoms with E-state index >= 15 is 0 Å². The summed E-state index contributed by atoms with van der Waals surface area (Å²) in [6.07, 6.45) is 3.61. The molecule has 0 aliphatic carbocycles. The van der Waals surface area contributed by atoms with Crippen LogP contribution < -0.4 is 5.32 Å². The second-order valence-electron chi connectivity index (χ2n) is 2.50. The van der Waals surface area contributed by atoms with Gasteiger partial charge in [-0.2, -0.15) is 0 Å². The summed E-state index contributed by atoms with van der Waals surface area (Å²) in [5.74, 6) is 0.385. The molecule has 0 aromatic carbocycles. The van der Waals surface area contributed by atoms with E-state index in [1.165, 1.54) is 0 Å². The van der Waals surface area contributed by atoms with Crippen molar-refractivity contribution >= 4 is 5.78 Å². The SMILES string of the molecule is CCCCC(=O)CCNC. The molecule has 0 aromatic heterocycles. The number of unbranched alkanes of at least 4 members (excludes halogenated alkanes) is 1. The Labute approximate surface area is 63.0 Å². The van der Waals surface area contributed by atoms with E-state index in [-0.39, 0.29) is 0 Å². The van der Waals surface area contributed by atoms with Crippen molar-refractivity contribution in [1.29, 1.82) is 0 Å². The molecule has 60 valence electrons. The molecule has 0 bridgehead atoms. The normalized spacial score (nSPS) is 9.80. The predicted molar refractivity (Wildman–Crippen MR) is 43.1 cm³/mol. The molecule has 0 saturated carbocycles. The van der Waals surface area contributed by atoms with Crippen LogP contribution in [0.2, 0.25) is 0 Å². The van der Waals surface area contributed by atoms with Gasteiger partial charge >= 0.3 is 0 Å². The number of nitrogens with one attached hydrogen (secondary N) is 1. The molecule has 0 amide bonds. The van der Waals surface area contributed by atoms with Crippen molar-refractivity contribution in [3.05, 3.63) is 0 Å². The lowest BCUT2D eigenvalue weighted by molar-refractivity contribution is -0.119. The molecule has 0 radical (unpaired) electrons. The number of ketones is 1. The van der Waals surface area contributed by atoms with Crippen LogP contribution in [0.15, 0.2) is 0 Å². The molecule has 0 atom stereocenters. The van der Waals surface area contributed by atoms with Gasteiger partial charge in [0.2, 0.25) is 0 Å². The van der Waals surface area contributed by atoms with Gasteiger partial charge in [0.25, 0.3) is 0 Å². The first-order valence-electron chi connectivity index (χ1n) is 3.97. The molecule has 1 N–H and O–H groups in total. The van der Waals surface area contributed by atoms with Gasteiger partial charge in [-0.15, -0.1) is 0 Å². The van der Waals surface area contributed by atoms with Crippen LogP contribution in [0.25, 0.3) is 0 Å². The average molecular weight is 143 g/mol. The van der Waals surface area contributed by atoms with Crippen molar-refractivity contribution in [3.63, 3.8) is 0 Å². The molecule has 0 aliphatic rings. The Kier molecular flexibility index (Phi) is 6.50. The predicted octanol–water partition coefficient (Wildman–Crippen LogP) is 1.36. The minimum atomic E-state index is 0.385. The molecule has 0 unspecified atom stereocenters. The number of hydrogen-bond donors (Lipinski definition) is 1. The third-order valence-corrected chi connectivity index (χ3v) is 1.46. The molecular formula is C8H17NO. The maximum absolute atomic E-state index is 10.9. The fourth-order valence-corrected chi connectivity index (χ4v) is 0.763. The molecule has 2 heteroatoms. The molecule has 0 heterocycles. The molecule has 0 rings (SSSR count). The summed E-state index contributed by atoms with van der Waals surface area (Å²) in [5, 5.41) is 2.95. The van der Waals surface area contributed by atoms with E-state index < -0.39 is 0 Å². The summed E-state index contributed by atoms with van der Waals surface area (Å²) in [5.41, 5.74) is 0. The number of hydrogen-bond acceptors (Lipinski definition) is 2. The van der Waals surface area contributed by atoms with Crippen molar-refractivity contribution in [2.45, 2.75) is 32.6 Å². The largest absolute Gasteiger partial charge is 0.319 e. The highest BCUT2D eigenvalue weighted by Gasteiger charge is 1.98. The van der Waals surface area contributed by atoms with Gasteiger partial charge in [0.15, 0.2) is 0 Å². The van der Waals surface area contributed by atoms with Crippen LogP contribution in [0, 0.1) is 0 Å². The Hall–Kier alpha value is -0.370. The first-order chi connectivity index (χ1) is 4.81. The third kappa shape index (κ3) is 5.76. The minimum absolute atomic E-state index is 0.385. The summed E-state index contributed by atoms with van der Waals surface area (Å²) in [7, 11) is 1.87. The summed E-state index contributed by atoms with van der Waals surface area (Å²) in [4.78, 5) is 10.9. The standard InChI is InChI=1S/C8H17NO/c1-3-4-5-8(10)6-7-9-2/h9H,3-7H2,1-2H3. The topological polar surface area (TPSA) is 29.1 Å². The van der Waals surface area contributed by atoms with Crippen LogP contribution in [-0.2, 0) is 4.79 Å². The third-order valence-electron chi connectivity index (χ3n) is 1.46.